The topological polar surface area (TPSA) is 87.7 Å². The lowest BCUT2D eigenvalue weighted by molar-refractivity contribution is -0.133. The van der Waals surface area contributed by atoms with Crippen LogP contribution in [0.15, 0.2) is 24.3 Å². The van der Waals surface area contributed by atoms with Crippen LogP contribution in [0, 0.1) is 6.92 Å². The number of rotatable bonds is 6. The summed E-state index contributed by atoms with van der Waals surface area (Å²) in [6.45, 7) is 2.71. The molecule has 0 bridgehead atoms. The number of benzene rings is 1. The fraction of sp³-hybridized carbons (Fsp3) is 0.400. The Hall–Kier alpha value is -2.57. The van der Waals surface area contributed by atoms with Gasteiger partial charge in [0.05, 0.1) is 13.0 Å². The molecule has 1 aliphatic rings. The van der Waals surface area contributed by atoms with Crippen molar-refractivity contribution < 1.29 is 19.1 Å². The average Bonchev–Trinajstić information content (AvgIpc) is 2.78. The second-order valence-corrected chi connectivity index (χ2v) is 5.15. The molecule has 1 aliphatic heterocycles. The number of aryl methyl sites for hydroxylation is 1. The molecule has 0 radical (unpaired) electrons. The first-order valence-corrected chi connectivity index (χ1v) is 7.01. The molecule has 118 valence electrons. The van der Waals surface area contributed by atoms with Crippen LogP contribution in [0.1, 0.15) is 12.0 Å². The molecule has 0 spiro atoms. The van der Waals surface area contributed by atoms with E-state index >= 15 is 0 Å². The summed E-state index contributed by atoms with van der Waals surface area (Å²) in [6, 6.07) is 6.28. The maximum absolute atomic E-state index is 12.0. The molecule has 1 heterocycles. The Morgan fingerprint density at radius 2 is 2.05 bits per heavy atom. The minimum Gasteiger partial charge on any atom is -0.491 e. The Labute approximate surface area is 128 Å². The van der Waals surface area contributed by atoms with E-state index in [1.165, 1.54) is 4.90 Å². The number of imide groups is 1. The van der Waals surface area contributed by atoms with Gasteiger partial charge in [-0.1, -0.05) is 18.2 Å². The van der Waals surface area contributed by atoms with Crippen LogP contribution in [0.25, 0.3) is 0 Å². The van der Waals surface area contributed by atoms with E-state index in [-0.39, 0.29) is 12.3 Å². The number of nitrogens with one attached hydrogen (secondary N) is 2. The molecule has 0 saturated carbocycles. The number of ether oxygens (including phenoxy) is 1. The molecule has 0 unspecified atom stereocenters. The quantitative estimate of drug-likeness (QED) is 0.746. The summed E-state index contributed by atoms with van der Waals surface area (Å²) in [5.74, 6) is 0.0874. The zero-order chi connectivity index (χ0) is 16.1. The Bertz CT molecular complexity index is 588. The lowest BCUT2D eigenvalue weighted by Crippen LogP contribution is -2.38. The summed E-state index contributed by atoms with van der Waals surface area (Å²) < 4.78 is 5.62. The molecule has 4 amide bonds. The predicted molar refractivity (Wildman–Crippen MR) is 79.4 cm³/mol. The summed E-state index contributed by atoms with van der Waals surface area (Å²) in [5, 5.41) is 4.50. The molecule has 1 fully saturated rings. The molecule has 22 heavy (non-hydrogen) atoms. The lowest BCUT2D eigenvalue weighted by atomic mass is 10.2. The van der Waals surface area contributed by atoms with Gasteiger partial charge in [0.2, 0.25) is 5.91 Å². The normalized spacial score (nSPS) is 16.9. The van der Waals surface area contributed by atoms with Crippen molar-refractivity contribution >= 4 is 17.8 Å². The number of nitrogens with zero attached hydrogens (tertiary/aromatic N) is 1. The second-order valence-electron chi connectivity index (χ2n) is 5.15. The summed E-state index contributed by atoms with van der Waals surface area (Å²) >= 11 is 0. The molecule has 7 nitrogen and oxygen atoms in total. The van der Waals surface area contributed by atoms with Crippen molar-refractivity contribution in [3.05, 3.63) is 29.8 Å². The van der Waals surface area contributed by atoms with Gasteiger partial charge in [0.1, 0.15) is 18.4 Å². The van der Waals surface area contributed by atoms with E-state index in [0.29, 0.717) is 13.2 Å². The molecular weight excluding hydrogens is 286 g/mol. The molecule has 2 N–H and O–H groups in total. The van der Waals surface area contributed by atoms with Gasteiger partial charge < -0.3 is 15.0 Å². The van der Waals surface area contributed by atoms with Gasteiger partial charge in [-0.2, -0.15) is 0 Å². The van der Waals surface area contributed by atoms with Crippen LogP contribution in [0.2, 0.25) is 0 Å². The van der Waals surface area contributed by atoms with Crippen molar-refractivity contribution in [2.24, 2.45) is 0 Å². The van der Waals surface area contributed by atoms with Crippen LogP contribution in [-0.2, 0) is 9.59 Å². The van der Waals surface area contributed by atoms with E-state index in [0.717, 1.165) is 11.3 Å². The Balaban J connectivity index is 1.76. The number of para-hydroxylation sites is 1. The van der Waals surface area contributed by atoms with Gasteiger partial charge in [-0.3, -0.25) is 14.9 Å². The maximum Gasteiger partial charge on any atom is 0.322 e. The number of carbonyl (C=O) groups excluding carboxylic acids is 3. The third-order valence-corrected chi connectivity index (χ3v) is 3.44. The smallest absolute Gasteiger partial charge is 0.322 e. The number of likely N-dealkylation sites (N-methyl/N-ethyl adjacent to an activating group) is 1. The first kappa shape index (κ1) is 15.8. The highest BCUT2D eigenvalue weighted by molar-refractivity contribution is 6.05. The number of amides is 4. The SMILES string of the molecule is Cc1ccccc1OCCN(C)C(=O)C[C@H]1NC(=O)NC1=O. The fourth-order valence-electron chi connectivity index (χ4n) is 2.07. The summed E-state index contributed by atoms with van der Waals surface area (Å²) in [5.41, 5.74) is 1.03. The van der Waals surface area contributed by atoms with Crippen LogP contribution in [0.5, 0.6) is 5.75 Å². The van der Waals surface area contributed by atoms with E-state index < -0.39 is 18.0 Å². The maximum atomic E-state index is 12.0. The van der Waals surface area contributed by atoms with Gasteiger partial charge in [0.15, 0.2) is 0 Å². The molecular formula is C15H19N3O4. The van der Waals surface area contributed by atoms with Crippen molar-refractivity contribution in [2.75, 3.05) is 20.2 Å². The van der Waals surface area contributed by atoms with E-state index in [4.69, 9.17) is 4.74 Å². The van der Waals surface area contributed by atoms with Crippen molar-refractivity contribution in [2.45, 2.75) is 19.4 Å². The molecule has 1 aromatic carbocycles. The summed E-state index contributed by atoms with van der Waals surface area (Å²) in [6.07, 6.45) is -0.0571. The molecule has 7 heteroatoms. The number of hydrogen-bond acceptors (Lipinski definition) is 4. The lowest BCUT2D eigenvalue weighted by Gasteiger charge is -2.19. The van der Waals surface area contributed by atoms with E-state index in [9.17, 15) is 14.4 Å². The van der Waals surface area contributed by atoms with Gasteiger partial charge in [-0.05, 0) is 18.6 Å². The van der Waals surface area contributed by atoms with Crippen molar-refractivity contribution in [1.82, 2.24) is 15.5 Å². The minimum absolute atomic E-state index is 0.0571. The van der Waals surface area contributed by atoms with Gasteiger partial charge in [-0.25, -0.2) is 4.79 Å². The molecule has 1 saturated heterocycles. The number of urea groups is 1. The highest BCUT2D eigenvalue weighted by Crippen LogP contribution is 2.15. The van der Waals surface area contributed by atoms with Crippen LogP contribution in [-0.4, -0.2) is 49.0 Å². The Kier molecular flexibility index (Phi) is 4.98. The molecule has 0 aliphatic carbocycles. The minimum atomic E-state index is -0.792. The predicted octanol–water partition coefficient (Wildman–Crippen LogP) is 0.430. The van der Waals surface area contributed by atoms with E-state index in [1.807, 2.05) is 31.2 Å². The van der Waals surface area contributed by atoms with E-state index in [1.54, 1.807) is 7.05 Å². The molecule has 1 atom stereocenters. The monoisotopic (exact) mass is 305 g/mol. The van der Waals surface area contributed by atoms with Gasteiger partial charge in [0.25, 0.3) is 5.91 Å². The highest BCUT2D eigenvalue weighted by atomic mass is 16.5. The van der Waals surface area contributed by atoms with Gasteiger partial charge >= 0.3 is 6.03 Å². The molecule has 0 aromatic heterocycles. The Morgan fingerprint density at radius 3 is 2.68 bits per heavy atom. The van der Waals surface area contributed by atoms with E-state index in [2.05, 4.69) is 10.6 Å². The standard InChI is InChI=1S/C15H19N3O4/c1-10-5-3-4-6-12(10)22-8-7-18(2)13(19)9-11-14(20)17-15(21)16-11/h3-6,11H,7-9H2,1-2H3,(H2,16,17,20,21)/t11-/m1/s1. The molecule has 1 aromatic rings. The third-order valence-electron chi connectivity index (χ3n) is 3.44. The second kappa shape index (κ2) is 6.93. The van der Waals surface area contributed by atoms with Gasteiger partial charge in [0, 0.05) is 7.05 Å². The summed E-state index contributed by atoms with van der Waals surface area (Å²) in [7, 11) is 1.64. The van der Waals surface area contributed by atoms with Crippen LogP contribution in [0.3, 0.4) is 0 Å². The molecule has 2 rings (SSSR count). The van der Waals surface area contributed by atoms with Gasteiger partial charge in [-0.15, -0.1) is 0 Å². The largest absolute Gasteiger partial charge is 0.491 e. The first-order chi connectivity index (χ1) is 10.5. The van der Waals surface area contributed by atoms with Crippen LogP contribution >= 0.6 is 0 Å². The van der Waals surface area contributed by atoms with Crippen molar-refractivity contribution in [1.29, 1.82) is 0 Å². The van der Waals surface area contributed by atoms with Crippen LogP contribution < -0.4 is 15.4 Å². The summed E-state index contributed by atoms with van der Waals surface area (Å²) in [4.78, 5) is 35.9. The zero-order valence-electron chi connectivity index (χ0n) is 12.6. The van der Waals surface area contributed by atoms with Crippen molar-refractivity contribution in [3.8, 4) is 5.75 Å². The Morgan fingerprint density at radius 1 is 1.32 bits per heavy atom. The number of hydrogen-bond donors (Lipinski definition) is 2. The third kappa shape index (κ3) is 3.97. The fourth-order valence-corrected chi connectivity index (χ4v) is 2.07. The highest BCUT2D eigenvalue weighted by Gasteiger charge is 2.31. The van der Waals surface area contributed by atoms with Crippen LogP contribution in [0.4, 0.5) is 4.79 Å². The zero-order valence-corrected chi connectivity index (χ0v) is 12.6. The average molecular weight is 305 g/mol. The van der Waals surface area contributed by atoms with Crippen molar-refractivity contribution in [3.63, 3.8) is 0 Å². The number of carbonyl (C=O) groups is 3. The first-order valence-electron chi connectivity index (χ1n) is 7.01.